The van der Waals surface area contributed by atoms with Gasteiger partial charge in [-0.25, -0.2) is 0 Å². The van der Waals surface area contributed by atoms with Gasteiger partial charge in [-0.05, 0) is 5.56 Å². The van der Waals surface area contributed by atoms with E-state index in [1.165, 1.54) is 5.56 Å². The van der Waals surface area contributed by atoms with Gasteiger partial charge < -0.3 is 4.90 Å². The van der Waals surface area contributed by atoms with Crippen LogP contribution in [0.25, 0.3) is 0 Å². The summed E-state index contributed by atoms with van der Waals surface area (Å²) in [6, 6.07) is 10.4. The highest BCUT2D eigenvalue weighted by molar-refractivity contribution is 5.59. The lowest BCUT2D eigenvalue weighted by atomic mass is 10.2. The normalized spacial score (nSPS) is 14.7. The predicted molar refractivity (Wildman–Crippen MR) is 45.3 cm³/mol. The zero-order valence-electron chi connectivity index (χ0n) is 6.27. The van der Waals surface area contributed by atoms with Gasteiger partial charge in [0.15, 0.2) is 0 Å². The molecule has 0 saturated carbocycles. The van der Waals surface area contributed by atoms with Gasteiger partial charge in [0, 0.05) is 6.54 Å². The highest BCUT2D eigenvalue weighted by Crippen LogP contribution is 2.05. The molecule has 0 spiro atoms. The van der Waals surface area contributed by atoms with Crippen LogP contribution in [0.5, 0.6) is 0 Å². The highest BCUT2D eigenvalue weighted by Gasteiger charge is 2.04. The number of rotatable bonds is 2. The van der Waals surface area contributed by atoms with Gasteiger partial charge in [0.05, 0.1) is 6.34 Å². The molecule has 0 aliphatic carbocycles. The fourth-order valence-corrected chi connectivity index (χ4v) is 1.11. The summed E-state index contributed by atoms with van der Waals surface area (Å²) in [6.45, 7) is 1.85. The van der Waals surface area contributed by atoms with E-state index >= 15 is 0 Å². The summed E-state index contributed by atoms with van der Waals surface area (Å²) in [5, 5.41) is 0. The van der Waals surface area contributed by atoms with Gasteiger partial charge in [-0.3, -0.25) is 4.99 Å². The van der Waals surface area contributed by atoms with Crippen LogP contribution in [0.2, 0.25) is 0 Å². The van der Waals surface area contributed by atoms with Crippen molar-refractivity contribution in [2.75, 3.05) is 6.67 Å². The second-order valence-electron chi connectivity index (χ2n) is 2.67. The van der Waals surface area contributed by atoms with Gasteiger partial charge in [0.2, 0.25) is 0 Å². The molecule has 0 fully saturated rings. The summed E-state index contributed by atoms with van der Waals surface area (Å²) in [4.78, 5) is 6.17. The van der Waals surface area contributed by atoms with E-state index in [2.05, 4.69) is 34.2 Å². The van der Waals surface area contributed by atoms with Crippen LogP contribution in [0.4, 0.5) is 0 Å². The van der Waals surface area contributed by atoms with Crippen molar-refractivity contribution in [3.8, 4) is 0 Å². The lowest BCUT2D eigenvalue weighted by molar-refractivity contribution is 0.394. The molecule has 0 atom stereocenters. The van der Waals surface area contributed by atoms with E-state index in [0.29, 0.717) is 0 Å². The van der Waals surface area contributed by atoms with Gasteiger partial charge >= 0.3 is 0 Å². The molecule has 1 aromatic carbocycles. The zero-order chi connectivity index (χ0) is 7.52. The van der Waals surface area contributed by atoms with Crippen LogP contribution in [0.15, 0.2) is 35.3 Å². The fourth-order valence-electron chi connectivity index (χ4n) is 1.11. The van der Waals surface area contributed by atoms with Crippen LogP contribution >= 0.6 is 0 Å². The summed E-state index contributed by atoms with van der Waals surface area (Å²) in [6.07, 6.45) is 1.88. The number of nitrogens with zero attached hydrogens (tertiary/aromatic N) is 2. The number of hydrogen-bond donors (Lipinski definition) is 0. The third-order valence-electron chi connectivity index (χ3n) is 1.74. The van der Waals surface area contributed by atoms with E-state index in [1.807, 2.05) is 12.4 Å². The van der Waals surface area contributed by atoms with Crippen molar-refractivity contribution in [2.45, 2.75) is 6.54 Å². The minimum Gasteiger partial charge on any atom is -0.339 e. The number of hydrogen-bond acceptors (Lipinski definition) is 2. The molecule has 0 saturated heterocycles. The van der Waals surface area contributed by atoms with E-state index in [1.54, 1.807) is 0 Å². The molecular weight excluding hydrogens is 136 g/mol. The standard InChI is InChI=1S/C9H10N2/c1-2-4-9(5-3-1)6-11-7-10-8-11/h1-5,7H,6,8H2. The monoisotopic (exact) mass is 146 g/mol. The largest absolute Gasteiger partial charge is 0.339 e. The lowest BCUT2D eigenvalue weighted by Gasteiger charge is -2.23. The number of benzene rings is 1. The first-order valence-electron chi connectivity index (χ1n) is 3.73. The Morgan fingerprint density at radius 2 is 2.00 bits per heavy atom. The quantitative estimate of drug-likeness (QED) is 0.617. The fraction of sp³-hybridized carbons (Fsp3) is 0.222. The molecule has 0 radical (unpaired) electrons. The van der Waals surface area contributed by atoms with Crippen LogP contribution in [-0.4, -0.2) is 17.9 Å². The predicted octanol–water partition coefficient (Wildman–Crippen LogP) is 1.49. The Kier molecular flexibility index (Phi) is 1.60. The minimum absolute atomic E-state index is 0.856. The molecule has 1 aliphatic heterocycles. The van der Waals surface area contributed by atoms with Crippen molar-refractivity contribution in [3.63, 3.8) is 0 Å². The molecular formula is C9H10N2. The maximum Gasteiger partial charge on any atom is 0.113 e. The topological polar surface area (TPSA) is 15.6 Å². The Hall–Kier alpha value is -1.31. The van der Waals surface area contributed by atoms with Crippen LogP contribution in [0, 0.1) is 0 Å². The maximum absolute atomic E-state index is 4.00. The molecule has 11 heavy (non-hydrogen) atoms. The van der Waals surface area contributed by atoms with Gasteiger partial charge in [-0.1, -0.05) is 30.3 Å². The molecule has 0 N–H and O–H groups in total. The Morgan fingerprint density at radius 3 is 2.55 bits per heavy atom. The number of aliphatic imine (C=N–C) groups is 1. The smallest absolute Gasteiger partial charge is 0.113 e. The molecule has 1 aliphatic rings. The molecule has 0 bridgehead atoms. The zero-order valence-corrected chi connectivity index (χ0v) is 6.27. The third kappa shape index (κ3) is 1.40. The van der Waals surface area contributed by atoms with Crippen molar-refractivity contribution in [1.82, 2.24) is 4.90 Å². The van der Waals surface area contributed by atoms with Gasteiger partial charge in [-0.2, -0.15) is 0 Å². The molecule has 2 rings (SSSR count). The van der Waals surface area contributed by atoms with Crippen molar-refractivity contribution >= 4 is 6.34 Å². The second kappa shape index (κ2) is 2.74. The summed E-state index contributed by atoms with van der Waals surface area (Å²) in [7, 11) is 0. The van der Waals surface area contributed by atoms with Crippen molar-refractivity contribution in [1.29, 1.82) is 0 Å². The molecule has 1 heterocycles. The molecule has 2 heteroatoms. The van der Waals surface area contributed by atoms with E-state index in [9.17, 15) is 0 Å². The van der Waals surface area contributed by atoms with Crippen LogP contribution in [-0.2, 0) is 6.54 Å². The molecule has 1 aromatic rings. The molecule has 0 amide bonds. The molecule has 0 aromatic heterocycles. The summed E-state index contributed by atoms with van der Waals surface area (Å²) >= 11 is 0. The van der Waals surface area contributed by atoms with Crippen molar-refractivity contribution in [3.05, 3.63) is 35.9 Å². The molecule has 56 valence electrons. The van der Waals surface area contributed by atoms with Crippen LogP contribution < -0.4 is 0 Å². The minimum atomic E-state index is 0.856. The third-order valence-corrected chi connectivity index (χ3v) is 1.74. The maximum atomic E-state index is 4.00. The SMILES string of the molecule is C1=NCN1Cc1ccccc1. The van der Waals surface area contributed by atoms with E-state index < -0.39 is 0 Å². The van der Waals surface area contributed by atoms with Gasteiger partial charge in [0.25, 0.3) is 0 Å². The lowest BCUT2D eigenvalue weighted by Crippen LogP contribution is -2.29. The summed E-state index contributed by atoms with van der Waals surface area (Å²) in [5.74, 6) is 0. The summed E-state index contributed by atoms with van der Waals surface area (Å²) < 4.78 is 0. The van der Waals surface area contributed by atoms with E-state index in [-0.39, 0.29) is 0 Å². The Balaban J connectivity index is 2.01. The molecule has 2 nitrogen and oxygen atoms in total. The van der Waals surface area contributed by atoms with Gasteiger partial charge in [-0.15, -0.1) is 0 Å². The van der Waals surface area contributed by atoms with Crippen LogP contribution in [0.3, 0.4) is 0 Å². The Bertz CT molecular complexity index is 254. The van der Waals surface area contributed by atoms with Crippen LogP contribution in [0.1, 0.15) is 5.56 Å². The first-order valence-corrected chi connectivity index (χ1v) is 3.73. The average molecular weight is 146 g/mol. The van der Waals surface area contributed by atoms with E-state index in [0.717, 1.165) is 13.2 Å². The van der Waals surface area contributed by atoms with Crippen molar-refractivity contribution < 1.29 is 0 Å². The summed E-state index contributed by atoms with van der Waals surface area (Å²) in [5.41, 5.74) is 1.35. The first-order chi connectivity index (χ1) is 5.45. The average Bonchev–Trinajstić information content (AvgIpc) is 1.99. The van der Waals surface area contributed by atoms with Gasteiger partial charge in [0.1, 0.15) is 6.67 Å². The molecule has 0 unspecified atom stereocenters. The van der Waals surface area contributed by atoms with Crippen molar-refractivity contribution in [2.24, 2.45) is 4.99 Å². The Morgan fingerprint density at radius 1 is 1.27 bits per heavy atom. The van der Waals surface area contributed by atoms with E-state index in [4.69, 9.17) is 0 Å². The highest BCUT2D eigenvalue weighted by atomic mass is 15.3. The second-order valence-corrected chi connectivity index (χ2v) is 2.67. The Labute approximate surface area is 66.2 Å². The first kappa shape index (κ1) is 6.40.